The van der Waals surface area contributed by atoms with Gasteiger partial charge in [-0.15, -0.1) is 0 Å². The van der Waals surface area contributed by atoms with Crippen LogP contribution in [0.2, 0.25) is 0 Å². The maximum Gasteiger partial charge on any atom is 0.340 e. The Balaban J connectivity index is 2.10. The van der Waals surface area contributed by atoms with E-state index >= 15 is 0 Å². The van der Waals surface area contributed by atoms with Gasteiger partial charge >= 0.3 is 5.69 Å². The molecule has 0 N–H and O–H groups in total. The van der Waals surface area contributed by atoms with E-state index in [9.17, 15) is 10.1 Å². The minimum atomic E-state index is -0.505. The molecule has 8 heteroatoms. The normalized spacial score (nSPS) is 11.2. The fraction of sp³-hybridized carbons (Fsp3) is 0.0667. The average molecular weight is 310 g/mol. The molecule has 4 heterocycles. The first kappa shape index (κ1) is 13.3. The molecular formula is C15H10N4O4. The number of pyridine rings is 1. The highest BCUT2D eigenvalue weighted by Gasteiger charge is 2.31. The number of nitrogens with zero attached hydrogens (tertiary/aromatic N) is 4. The van der Waals surface area contributed by atoms with Crippen molar-refractivity contribution in [1.29, 1.82) is 0 Å². The van der Waals surface area contributed by atoms with Crippen molar-refractivity contribution in [3.8, 4) is 22.9 Å². The van der Waals surface area contributed by atoms with E-state index in [0.29, 0.717) is 22.8 Å². The van der Waals surface area contributed by atoms with Crippen LogP contribution < -0.4 is 0 Å². The molecule has 0 radical (unpaired) electrons. The smallest absolute Gasteiger partial charge is 0.340 e. The summed E-state index contributed by atoms with van der Waals surface area (Å²) in [5, 5.41) is 15.1. The standard InChI is InChI=1S/C15H10N4O4/c1-9-13(19(20)21)15(23-17-9)14-12(10-5-4-8-22-10)16-11-6-2-3-7-18(11)14/h2-8H,1H3. The van der Waals surface area contributed by atoms with Gasteiger partial charge < -0.3 is 8.94 Å². The fourth-order valence-electron chi connectivity index (χ4n) is 2.53. The Bertz CT molecular complexity index is 1010. The van der Waals surface area contributed by atoms with Crippen LogP contribution in [0, 0.1) is 17.0 Å². The predicted octanol–water partition coefficient (Wildman–Crippen LogP) is 3.47. The minimum absolute atomic E-state index is 0.0533. The van der Waals surface area contributed by atoms with Crippen LogP contribution in [0.25, 0.3) is 28.6 Å². The number of aromatic nitrogens is 3. The highest BCUT2D eigenvalue weighted by Crippen LogP contribution is 2.39. The van der Waals surface area contributed by atoms with Gasteiger partial charge in [0.05, 0.1) is 11.2 Å². The van der Waals surface area contributed by atoms with Gasteiger partial charge in [-0.05, 0) is 31.2 Å². The fourth-order valence-corrected chi connectivity index (χ4v) is 2.53. The third-order valence-electron chi connectivity index (χ3n) is 3.51. The van der Waals surface area contributed by atoms with E-state index in [0.717, 1.165) is 0 Å². The van der Waals surface area contributed by atoms with Crippen molar-refractivity contribution >= 4 is 11.3 Å². The molecule has 0 saturated heterocycles. The molecule has 4 rings (SSSR count). The second-order valence-electron chi connectivity index (χ2n) is 4.92. The van der Waals surface area contributed by atoms with Crippen molar-refractivity contribution in [2.24, 2.45) is 0 Å². The second-order valence-corrected chi connectivity index (χ2v) is 4.92. The SMILES string of the molecule is Cc1noc(-c2c(-c3ccco3)nc3ccccn23)c1[N+](=O)[O-]. The second kappa shape index (κ2) is 4.80. The Morgan fingerprint density at radius 1 is 1.26 bits per heavy atom. The summed E-state index contributed by atoms with van der Waals surface area (Å²) in [5.74, 6) is 0.546. The van der Waals surface area contributed by atoms with Crippen LogP contribution >= 0.6 is 0 Å². The molecule has 8 nitrogen and oxygen atoms in total. The molecule has 0 aliphatic heterocycles. The van der Waals surface area contributed by atoms with Gasteiger partial charge in [0.2, 0.25) is 0 Å². The van der Waals surface area contributed by atoms with E-state index in [2.05, 4.69) is 10.1 Å². The Hall–Kier alpha value is -3.42. The molecule has 0 spiro atoms. The molecule has 23 heavy (non-hydrogen) atoms. The van der Waals surface area contributed by atoms with Crippen LogP contribution in [0.15, 0.2) is 51.7 Å². The summed E-state index contributed by atoms with van der Waals surface area (Å²) in [5.41, 5.74) is 1.55. The quantitative estimate of drug-likeness (QED) is 0.424. The van der Waals surface area contributed by atoms with E-state index in [1.807, 2.05) is 6.07 Å². The van der Waals surface area contributed by atoms with Crippen LogP contribution in [0.5, 0.6) is 0 Å². The van der Waals surface area contributed by atoms with Crippen molar-refractivity contribution < 1.29 is 13.9 Å². The molecule has 4 aromatic rings. The average Bonchev–Trinajstić information content (AvgIpc) is 3.23. The predicted molar refractivity (Wildman–Crippen MR) is 79.8 cm³/mol. The lowest BCUT2D eigenvalue weighted by molar-refractivity contribution is -0.385. The van der Waals surface area contributed by atoms with Gasteiger partial charge in [0.15, 0.2) is 11.5 Å². The van der Waals surface area contributed by atoms with Crippen LogP contribution in [0.3, 0.4) is 0 Å². The van der Waals surface area contributed by atoms with Gasteiger partial charge in [0.25, 0.3) is 5.76 Å². The summed E-state index contributed by atoms with van der Waals surface area (Å²) >= 11 is 0. The van der Waals surface area contributed by atoms with Crippen LogP contribution in [-0.4, -0.2) is 19.5 Å². The summed E-state index contributed by atoms with van der Waals surface area (Å²) < 4.78 is 12.4. The van der Waals surface area contributed by atoms with Crippen molar-refractivity contribution in [3.05, 3.63) is 58.6 Å². The molecule has 0 fully saturated rings. The number of aryl methyl sites for hydroxylation is 1. The van der Waals surface area contributed by atoms with Gasteiger partial charge in [0.1, 0.15) is 17.0 Å². The summed E-state index contributed by atoms with van der Waals surface area (Å²) in [6.07, 6.45) is 3.27. The summed E-state index contributed by atoms with van der Waals surface area (Å²) in [4.78, 5) is 15.4. The van der Waals surface area contributed by atoms with Crippen molar-refractivity contribution in [2.45, 2.75) is 6.92 Å². The zero-order chi connectivity index (χ0) is 16.0. The lowest BCUT2D eigenvalue weighted by Gasteiger charge is -1.99. The first-order valence-corrected chi connectivity index (χ1v) is 6.79. The molecule has 0 bridgehead atoms. The summed E-state index contributed by atoms with van der Waals surface area (Å²) in [7, 11) is 0. The molecule has 0 aromatic carbocycles. The lowest BCUT2D eigenvalue weighted by atomic mass is 10.2. The maximum absolute atomic E-state index is 11.4. The number of hydrogen-bond acceptors (Lipinski definition) is 6. The molecule has 0 aliphatic carbocycles. The maximum atomic E-state index is 11.4. The molecule has 0 saturated carbocycles. The first-order valence-electron chi connectivity index (χ1n) is 6.79. The zero-order valence-corrected chi connectivity index (χ0v) is 12.0. The Morgan fingerprint density at radius 2 is 2.13 bits per heavy atom. The number of rotatable bonds is 3. The zero-order valence-electron chi connectivity index (χ0n) is 12.0. The molecule has 0 amide bonds. The molecule has 0 atom stereocenters. The van der Waals surface area contributed by atoms with E-state index in [1.165, 1.54) is 13.2 Å². The van der Waals surface area contributed by atoms with E-state index in [1.54, 1.807) is 34.9 Å². The van der Waals surface area contributed by atoms with Crippen molar-refractivity contribution in [2.75, 3.05) is 0 Å². The van der Waals surface area contributed by atoms with E-state index in [4.69, 9.17) is 8.94 Å². The molecular weight excluding hydrogens is 300 g/mol. The summed E-state index contributed by atoms with van der Waals surface area (Å²) in [6.45, 7) is 1.53. The lowest BCUT2D eigenvalue weighted by Crippen LogP contribution is -1.94. The highest BCUT2D eigenvalue weighted by molar-refractivity contribution is 5.81. The third-order valence-corrected chi connectivity index (χ3v) is 3.51. The number of furan rings is 1. The number of imidazole rings is 1. The van der Waals surface area contributed by atoms with E-state index < -0.39 is 4.92 Å². The van der Waals surface area contributed by atoms with Gasteiger partial charge in [-0.2, -0.15) is 0 Å². The highest BCUT2D eigenvalue weighted by atomic mass is 16.6. The Labute approximate surface area is 129 Å². The van der Waals surface area contributed by atoms with Crippen LogP contribution in [0.1, 0.15) is 5.69 Å². The van der Waals surface area contributed by atoms with Crippen molar-refractivity contribution in [1.82, 2.24) is 14.5 Å². The number of hydrogen-bond donors (Lipinski definition) is 0. The Morgan fingerprint density at radius 3 is 2.87 bits per heavy atom. The summed E-state index contributed by atoms with van der Waals surface area (Å²) in [6, 6.07) is 8.89. The van der Waals surface area contributed by atoms with Gasteiger partial charge in [-0.25, -0.2) is 4.98 Å². The van der Waals surface area contributed by atoms with Crippen LogP contribution in [0.4, 0.5) is 5.69 Å². The van der Waals surface area contributed by atoms with Gasteiger partial charge in [0, 0.05) is 6.20 Å². The molecule has 114 valence electrons. The van der Waals surface area contributed by atoms with Gasteiger partial charge in [-0.3, -0.25) is 14.5 Å². The minimum Gasteiger partial charge on any atom is -0.463 e. The Kier molecular flexibility index (Phi) is 2.77. The molecule has 4 aromatic heterocycles. The largest absolute Gasteiger partial charge is 0.463 e. The molecule has 0 aliphatic rings. The van der Waals surface area contributed by atoms with Crippen molar-refractivity contribution in [3.63, 3.8) is 0 Å². The van der Waals surface area contributed by atoms with Crippen LogP contribution in [-0.2, 0) is 0 Å². The third kappa shape index (κ3) is 1.92. The van der Waals surface area contributed by atoms with E-state index in [-0.39, 0.29) is 17.1 Å². The molecule has 0 unspecified atom stereocenters. The van der Waals surface area contributed by atoms with Gasteiger partial charge in [-0.1, -0.05) is 11.2 Å². The monoisotopic (exact) mass is 310 g/mol. The first-order chi connectivity index (χ1) is 11.2. The topological polar surface area (TPSA) is 99.6 Å². The number of fused-ring (bicyclic) bond motifs is 1. The number of nitro groups is 1.